The number of aliphatic hydroxyl groups is 5. The Hall–Kier alpha value is -0.580. The molecule has 0 aliphatic carbocycles. The van der Waals surface area contributed by atoms with Gasteiger partial charge in [-0.05, 0) is 12.8 Å². The number of allylic oxidation sites excluding steroid dienone is 1. The highest BCUT2D eigenvalue weighted by Gasteiger charge is 2.44. The van der Waals surface area contributed by atoms with Crippen molar-refractivity contribution in [1.29, 1.82) is 0 Å². The van der Waals surface area contributed by atoms with Crippen LogP contribution in [0.5, 0.6) is 0 Å². The monoisotopic (exact) mass is 467 g/mol. The van der Waals surface area contributed by atoms with Gasteiger partial charge in [0.15, 0.2) is 6.29 Å². The number of nitrogens with two attached hydrogens (primary N) is 1. The maximum atomic E-state index is 10.2. The van der Waals surface area contributed by atoms with E-state index >= 15 is 0 Å². The van der Waals surface area contributed by atoms with Gasteiger partial charge in [-0.25, -0.2) is 0 Å². The van der Waals surface area contributed by atoms with Crippen molar-refractivity contribution in [1.82, 2.24) is 0 Å². The molecule has 1 heterocycles. The molecule has 1 fully saturated rings. The van der Waals surface area contributed by atoms with Crippen molar-refractivity contribution in [3.05, 3.63) is 12.2 Å². The second kappa shape index (κ2) is 17.8. The fraction of sp³-hybridized carbons (Fsp3) is 0.917. The second-order valence-corrected chi connectivity index (χ2v) is 8.94. The Morgan fingerprint density at radius 1 is 0.875 bits per heavy atom. The summed E-state index contributed by atoms with van der Waals surface area (Å²) in [5.74, 6) is 0. The van der Waals surface area contributed by atoms with E-state index in [0.717, 1.165) is 12.8 Å². The average Bonchev–Trinajstić information content (AvgIpc) is 2.79. The Bertz CT molecular complexity index is 477. The number of aliphatic hydroxyl groups excluding tert-OH is 5. The van der Waals surface area contributed by atoms with Crippen molar-refractivity contribution in [3.8, 4) is 0 Å². The van der Waals surface area contributed by atoms with Gasteiger partial charge in [0.1, 0.15) is 24.4 Å². The Morgan fingerprint density at radius 3 is 2.00 bits per heavy atom. The summed E-state index contributed by atoms with van der Waals surface area (Å²) in [6, 6.07) is -0.740. The van der Waals surface area contributed by atoms with Gasteiger partial charge in [-0.3, -0.25) is 0 Å². The Morgan fingerprint density at radius 2 is 1.44 bits per heavy atom. The van der Waals surface area contributed by atoms with Crippen molar-refractivity contribution in [3.63, 3.8) is 0 Å². The van der Waals surface area contributed by atoms with E-state index in [2.05, 4.69) is 6.92 Å². The van der Waals surface area contributed by atoms with Gasteiger partial charge in [0, 0.05) is 0 Å². The highest BCUT2D eigenvalue weighted by atomic mass is 16.9. The van der Waals surface area contributed by atoms with Gasteiger partial charge in [-0.1, -0.05) is 83.3 Å². The molecule has 0 unspecified atom stereocenters. The fourth-order valence-corrected chi connectivity index (χ4v) is 3.81. The third-order valence-electron chi connectivity index (χ3n) is 6.05. The minimum Gasteiger partial charge on any atom is -0.394 e. The van der Waals surface area contributed by atoms with Crippen molar-refractivity contribution >= 4 is 0 Å². The molecule has 0 aromatic rings. The summed E-state index contributed by atoms with van der Waals surface area (Å²) in [6.07, 6.45) is 11.1. The van der Waals surface area contributed by atoms with Gasteiger partial charge in [-0.15, -0.1) is 0 Å². The first-order valence-electron chi connectivity index (χ1n) is 12.4. The van der Waals surface area contributed by atoms with Crippen LogP contribution in [0.1, 0.15) is 84.0 Å². The lowest BCUT2D eigenvalue weighted by Gasteiger charge is -2.39. The summed E-state index contributed by atoms with van der Waals surface area (Å²) >= 11 is 0. The first-order chi connectivity index (χ1) is 15.4. The largest absolute Gasteiger partial charge is 0.394 e. The number of hydrogen-bond acceptors (Lipinski definition) is 8. The first-order valence-corrected chi connectivity index (χ1v) is 12.4. The predicted molar refractivity (Wildman–Crippen MR) is 124 cm³/mol. The average molecular weight is 468 g/mol. The molecule has 8 heteroatoms. The lowest BCUT2D eigenvalue weighted by Crippen LogP contribution is -2.59. The van der Waals surface area contributed by atoms with Crippen molar-refractivity contribution in [2.24, 2.45) is 5.73 Å². The molecule has 0 bridgehead atoms. The zero-order valence-electron chi connectivity index (χ0n) is 19.7. The third-order valence-corrected chi connectivity index (χ3v) is 6.05. The summed E-state index contributed by atoms with van der Waals surface area (Å²) in [5.41, 5.74) is 5.93. The van der Waals surface area contributed by atoms with Gasteiger partial charge in [0.05, 0.1) is 25.4 Å². The normalized spacial score (nSPS) is 28.3. The van der Waals surface area contributed by atoms with E-state index in [0.29, 0.717) is 0 Å². The second-order valence-electron chi connectivity index (χ2n) is 8.94. The van der Waals surface area contributed by atoms with E-state index in [4.69, 9.17) is 15.2 Å². The Kier molecular flexibility index (Phi) is 16.4. The van der Waals surface area contributed by atoms with Gasteiger partial charge in [0.2, 0.25) is 0 Å². The predicted octanol–water partition coefficient (Wildman–Crippen LogP) is 1.75. The molecule has 1 aliphatic heterocycles. The van der Waals surface area contributed by atoms with Gasteiger partial charge < -0.3 is 40.7 Å². The SMILES string of the molecule is CCCCCCCCCCCCC/C=C/[C@@H](O)[C@@H](N)CO[13C@@H]1O[13C@H]([13CH2]O)[13C@@H](O)[13C@H](O)[13C@H]1O. The molecule has 32 heavy (non-hydrogen) atoms. The molecule has 1 aliphatic rings. The molecular formula is C24H47NO7. The van der Waals surface area contributed by atoms with Crippen molar-refractivity contribution in [2.45, 2.75) is 127 Å². The van der Waals surface area contributed by atoms with Crippen LogP contribution in [0.15, 0.2) is 12.2 Å². The van der Waals surface area contributed by atoms with Crippen LogP contribution in [0.3, 0.4) is 0 Å². The first kappa shape index (κ1) is 29.5. The minimum atomic E-state index is -1.50. The molecule has 7 N–H and O–H groups in total. The standard InChI is InChI=1S/C24H47NO7/c1-2-3-4-5-6-7-8-9-10-11-12-13-14-15-19(27)18(25)17-31-24-23(30)22(29)21(28)20(16-26)32-24/h14-15,18-24,26-30H,2-13,16-17,25H2,1H3/b15-14+/t18-,19+,20+,21+,22-,23+,24+/m0/s1/i16+1,20+1,21+1,22+1,23+1,24+1. The molecule has 0 amide bonds. The molecule has 8 nitrogen and oxygen atoms in total. The quantitative estimate of drug-likeness (QED) is 0.102. The molecule has 0 spiro atoms. The van der Waals surface area contributed by atoms with Crippen molar-refractivity contribution in [2.75, 3.05) is 13.2 Å². The smallest absolute Gasteiger partial charge is 0.186 e. The van der Waals surface area contributed by atoms with Crippen molar-refractivity contribution < 1.29 is 35.0 Å². The van der Waals surface area contributed by atoms with E-state index in [1.807, 2.05) is 6.08 Å². The van der Waals surface area contributed by atoms with Crippen LogP contribution < -0.4 is 5.73 Å². The van der Waals surface area contributed by atoms with E-state index in [1.54, 1.807) is 6.08 Å². The topological polar surface area (TPSA) is 146 Å². The van der Waals surface area contributed by atoms with Gasteiger partial charge in [-0.2, -0.15) is 0 Å². The van der Waals surface area contributed by atoms with Crippen LogP contribution >= 0.6 is 0 Å². The molecule has 0 radical (unpaired) electrons. The lowest BCUT2D eigenvalue weighted by molar-refractivity contribution is -0.302. The molecule has 7 atom stereocenters. The van der Waals surface area contributed by atoms with Crippen LogP contribution in [-0.4, -0.2) is 81.6 Å². The van der Waals surface area contributed by atoms with Gasteiger partial charge in [0.25, 0.3) is 0 Å². The molecule has 0 aromatic carbocycles. The minimum absolute atomic E-state index is 0.118. The Labute approximate surface area is 193 Å². The zero-order chi connectivity index (χ0) is 23.8. The third kappa shape index (κ3) is 11.5. The van der Waals surface area contributed by atoms with Crippen LogP contribution in [-0.2, 0) is 9.47 Å². The van der Waals surface area contributed by atoms with Crippen LogP contribution in [0.25, 0.3) is 0 Å². The molecule has 0 aromatic heterocycles. The summed E-state index contributed by atoms with van der Waals surface area (Å²) in [4.78, 5) is 0. The number of rotatable bonds is 18. The maximum Gasteiger partial charge on any atom is 0.186 e. The fourth-order valence-electron chi connectivity index (χ4n) is 3.81. The van der Waals surface area contributed by atoms with E-state index in [-0.39, 0.29) is 6.61 Å². The van der Waals surface area contributed by atoms with E-state index in [1.165, 1.54) is 64.2 Å². The summed E-state index contributed by atoms with van der Waals surface area (Å²) in [6.45, 7) is 1.60. The number of unbranched alkanes of at least 4 members (excludes halogenated alkanes) is 11. The highest BCUT2D eigenvalue weighted by Crippen LogP contribution is 2.22. The van der Waals surface area contributed by atoms with Crippen LogP contribution in [0.4, 0.5) is 0 Å². The maximum absolute atomic E-state index is 10.2. The highest BCUT2D eigenvalue weighted by molar-refractivity contribution is 4.94. The van der Waals surface area contributed by atoms with E-state index < -0.39 is 49.5 Å². The zero-order valence-corrected chi connectivity index (χ0v) is 19.7. The summed E-state index contributed by atoms with van der Waals surface area (Å²) in [5, 5.41) is 48.8. The number of ether oxygens (including phenoxy) is 2. The molecule has 1 saturated heterocycles. The molecule has 1 rings (SSSR count). The molecular weight excluding hydrogens is 420 g/mol. The van der Waals surface area contributed by atoms with Gasteiger partial charge >= 0.3 is 0 Å². The lowest BCUT2D eigenvalue weighted by atomic mass is 10.0. The summed E-state index contributed by atoms with van der Waals surface area (Å²) in [7, 11) is 0. The van der Waals surface area contributed by atoms with E-state index in [9.17, 15) is 25.5 Å². The van der Waals surface area contributed by atoms with Crippen LogP contribution in [0.2, 0.25) is 0 Å². The number of hydrogen-bond donors (Lipinski definition) is 6. The summed E-state index contributed by atoms with van der Waals surface area (Å²) < 4.78 is 10.6. The molecule has 0 saturated carbocycles. The van der Waals surface area contributed by atoms with Crippen LogP contribution in [0, 0.1) is 0 Å². The molecule has 190 valence electrons. The Balaban J connectivity index is 2.10.